The Morgan fingerprint density at radius 2 is 1.59 bits per heavy atom. The summed E-state index contributed by atoms with van der Waals surface area (Å²) in [5.41, 5.74) is 0. The molecule has 2 aliphatic rings. The van der Waals surface area contributed by atoms with Crippen LogP contribution in [0.4, 0.5) is 0 Å². The van der Waals surface area contributed by atoms with Gasteiger partial charge >= 0.3 is 0 Å². The van der Waals surface area contributed by atoms with Crippen molar-refractivity contribution in [3.05, 3.63) is 0 Å². The lowest BCUT2D eigenvalue weighted by Gasteiger charge is -2.23. The van der Waals surface area contributed by atoms with Crippen LogP contribution in [0.25, 0.3) is 0 Å². The van der Waals surface area contributed by atoms with Crippen LogP contribution < -0.4 is 16.0 Å². The number of carbonyl (C=O) groups excluding carboxylic acids is 1. The Labute approximate surface area is 182 Å². The normalized spacial score (nSPS) is 19.2. The third kappa shape index (κ3) is 11.1. The van der Waals surface area contributed by atoms with E-state index in [1.165, 1.54) is 51.4 Å². The lowest BCUT2D eigenvalue weighted by molar-refractivity contribution is -0.121. The molecule has 6 nitrogen and oxygen atoms in total. The van der Waals surface area contributed by atoms with Gasteiger partial charge in [0, 0.05) is 39.2 Å². The fourth-order valence-corrected chi connectivity index (χ4v) is 3.82. The van der Waals surface area contributed by atoms with Gasteiger partial charge in [-0.2, -0.15) is 0 Å². The number of nitrogens with zero attached hydrogens (tertiary/aromatic N) is 1. The molecule has 27 heavy (non-hydrogen) atoms. The van der Waals surface area contributed by atoms with Crippen LogP contribution in [0, 0.1) is 0 Å². The van der Waals surface area contributed by atoms with E-state index in [2.05, 4.69) is 20.9 Å². The van der Waals surface area contributed by atoms with Crippen LogP contribution >= 0.6 is 24.0 Å². The number of aliphatic imine (C=N–C) groups is 1. The molecule has 0 saturated heterocycles. The van der Waals surface area contributed by atoms with Crippen molar-refractivity contribution in [3.8, 4) is 0 Å². The molecule has 3 N–H and O–H groups in total. The molecule has 2 fully saturated rings. The Balaban J connectivity index is 0.00000364. The first-order valence-electron chi connectivity index (χ1n) is 10.6. The first kappa shape index (κ1) is 24.5. The van der Waals surface area contributed by atoms with E-state index in [0.717, 1.165) is 38.4 Å². The molecule has 0 heterocycles. The summed E-state index contributed by atoms with van der Waals surface area (Å²) in [6, 6.07) is 0.387. The van der Waals surface area contributed by atoms with Gasteiger partial charge in [0.2, 0.25) is 5.91 Å². The highest BCUT2D eigenvalue weighted by atomic mass is 127. The summed E-state index contributed by atoms with van der Waals surface area (Å²) in [5, 5.41) is 9.65. The molecule has 0 aromatic rings. The average molecular weight is 494 g/mol. The van der Waals surface area contributed by atoms with Crippen LogP contribution in [0.15, 0.2) is 4.99 Å². The number of rotatable bonds is 9. The minimum Gasteiger partial charge on any atom is -0.378 e. The van der Waals surface area contributed by atoms with Gasteiger partial charge in [-0.15, -0.1) is 24.0 Å². The van der Waals surface area contributed by atoms with Crippen molar-refractivity contribution in [1.29, 1.82) is 0 Å². The second-order valence-corrected chi connectivity index (χ2v) is 7.56. The van der Waals surface area contributed by atoms with Gasteiger partial charge in [-0.3, -0.25) is 9.79 Å². The summed E-state index contributed by atoms with van der Waals surface area (Å²) in [6.07, 6.45) is 14.4. The minimum atomic E-state index is 0. The molecule has 0 aliphatic heterocycles. The summed E-state index contributed by atoms with van der Waals surface area (Å²) >= 11 is 0. The highest BCUT2D eigenvalue weighted by molar-refractivity contribution is 14.0. The zero-order chi connectivity index (χ0) is 18.5. The molecule has 2 rings (SSSR count). The predicted molar refractivity (Wildman–Crippen MR) is 122 cm³/mol. The summed E-state index contributed by atoms with van der Waals surface area (Å²) in [4.78, 5) is 16.2. The Kier molecular flexibility index (Phi) is 13.9. The van der Waals surface area contributed by atoms with Crippen molar-refractivity contribution in [1.82, 2.24) is 16.0 Å². The van der Waals surface area contributed by atoms with Crippen molar-refractivity contribution in [2.75, 3.05) is 26.7 Å². The van der Waals surface area contributed by atoms with E-state index < -0.39 is 0 Å². The second kappa shape index (κ2) is 15.4. The quantitative estimate of drug-likeness (QED) is 0.199. The molecule has 0 spiro atoms. The van der Waals surface area contributed by atoms with Gasteiger partial charge < -0.3 is 20.7 Å². The van der Waals surface area contributed by atoms with E-state index in [9.17, 15) is 4.79 Å². The lowest BCUT2D eigenvalue weighted by Crippen LogP contribution is -2.41. The minimum absolute atomic E-state index is 0. The number of amides is 1. The van der Waals surface area contributed by atoms with E-state index in [4.69, 9.17) is 4.74 Å². The Bertz CT molecular complexity index is 422. The van der Waals surface area contributed by atoms with Crippen molar-refractivity contribution in [2.45, 2.75) is 89.2 Å². The van der Waals surface area contributed by atoms with E-state index in [1.807, 2.05) is 0 Å². The summed E-state index contributed by atoms with van der Waals surface area (Å²) in [7, 11) is 1.76. The van der Waals surface area contributed by atoms with Gasteiger partial charge in [0.15, 0.2) is 5.96 Å². The molecule has 2 saturated carbocycles. The summed E-state index contributed by atoms with van der Waals surface area (Å²) < 4.78 is 5.93. The second-order valence-electron chi connectivity index (χ2n) is 7.56. The molecule has 0 atom stereocenters. The number of nitrogens with one attached hydrogen (secondary N) is 3. The van der Waals surface area contributed by atoms with Crippen LogP contribution in [0.1, 0.15) is 77.0 Å². The molecular weight excluding hydrogens is 455 g/mol. The number of carbonyl (C=O) groups is 1. The number of hydrogen-bond donors (Lipinski definition) is 3. The maximum atomic E-state index is 12.0. The topological polar surface area (TPSA) is 74.8 Å². The first-order chi connectivity index (χ1) is 12.8. The maximum absolute atomic E-state index is 12.0. The molecule has 158 valence electrons. The van der Waals surface area contributed by atoms with Gasteiger partial charge in [-0.1, -0.05) is 38.5 Å². The van der Waals surface area contributed by atoms with Crippen LogP contribution in [0.2, 0.25) is 0 Å². The molecule has 0 aromatic heterocycles. The Morgan fingerprint density at radius 1 is 0.963 bits per heavy atom. The summed E-state index contributed by atoms with van der Waals surface area (Å²) in [5.74, 6) is 0.897. The zero-order valence-electron chi connectivity index (χ0n) is 16.9. The highest BCUT2D eigenvalue weighted by Gasteiger charge is 2.15. The van der Waals surface area contributed by atoms with E-state index in [1.54, 1.807) is 7.05 Å². The fourth-order valence-electron chi connectivity index (χ4n) is 3.82. The smallest absolute Gasteiger partial charge is 0.221 e. The molecule has 0 radical (unpaired) electrons. The number of ether oxygens (including phenoxy) is 1. The van der Waals surface area contributed by atoms with Gasteiger partial charge in [0.25, 0.3) is 0 Å². The standard InChI is InChI=1S/C20H38N4O2.HI/c1-21-20(22-14-8-16-26-18-11-6-3-7-12-18)23-15-13-19(25)24-17-9-4-2-5-10-17;/h17-18H,2-16H2,1H3,(H,24,25)(H2,21,22,23);1H. The highest BCUT2D eigenvalue weighted by Crippen LogP contribution is 2.20. The Morgan fingerprint density at radius 3 is 2.26 bits per heavy atom. The van der Waals surface area contributed by atoms with Crippen molar-refractivity contribution >= 4 is 35.8 Å². The average Bonchev–Trinajstić information content (AvgIpc) is 2.68. The largest absolute Gasteiger partial charge is 0.378 e. The van der Waals surface area contributed by atoms with Crippen LogP contribution in [0.5, 0.6) is 0 Å². The van der Waals surface area contributed by atoms with Crippen molar-refractivity contribution in [3.63, 3.8) is 0 Å². The number of hydrogen-bond acceptors (Lipinski definition) is 3. The van der Waals surface area contributed by atoms with Gasteiger partial charge in [0.1, 0.15) is 0 Å². The molecule has 1 amide bonds. The Hall–Kier alpha value is -0.570. The first-order valence-corrected chi connectivity index (χ1v) is 10.6. The molecule has 0 aromatic carbocycles. The van der Waals surface area contributed by atoms with E-state index in [0.29, 0.717) is 25.1 Å². The van der Waals surface area contributed by atoms with E-state index in [-0.39, 0.29) is 29.9 Å². The van der Waals surface area contributed by atoms with E-state index >= 15 is 0 Å². The van der Waals surface area contributed by atoms with Gasteiger partial charge in [-0.25, -0.2) is 0 Å². The monoisotopic (exact) mass is 494 g/mol. The van der Waals surface area contributed by atoms with Crippen molar-refractivity contribution in [2.24, 2.45) is 4.99 Å². The SMILES string of the molecule is CN=C(NCCCOC1CCCCC1)NCCC(=O)NC1CCCCC1.I. The van der Waals surface area contributed by atoms with Crippen LogP contribution in [-0.4, -0.2) is 50.8 Å². The number of guanidine groups is 1. The maximum Gasteiger partial charge on any atom is 0.221 e. The zero-order valence-corrected chi connectivity index (χ0v) is 19.3. The lowest BCUT2D eigenvalue weighted by atomic mass is 9.95. The fraction of sp³-hybridized carbons (Fsp3) is 0.900. The molecule has 2 aliphatic carbocycles. The predicted octanol–water partition coefficient (Wildman–Crippen LogP) is 3.35. The summed E-state index contributed by atoms with van der Waals surface area (Å²) in [6.45, 7) is 2.25. The van der Waals surface area contributed by atoms with Crippen molar-refractivity contribution < 1.29 is 9.53 Å². The van der Waals surface area contributed by atoms with Crippen LogP contribution in [-0.2, 0) is 9.53 Å². The molecule has 0 bridgehead atoms. The molecule has 0 unspecified atom stereocenters. The third-order valence-electron chi connectivity index (χ3n) is 5.36. The molecule has 7 heteroatoms. The van der Waals surface area contributed by atoms with Crippen LogP contribution in [0.3, 0.4) is 0 Å². The van der Waals surface area contributed by atoms with Gasteiger partial charge in [-0.05, 0) is 32.1 Å². The number of halogens is 1. The third-order valence-corrected chi connectivity index (χ3v) is 5.36. The van der Waals surface area contributed by atoms with Gasteiger partial charge in [0.05, 0.1) is 6.10 Å². The molecular formula is C20H39IN4O2.